The van der Waals surface area contributed by atoms with Crippen LogP contribution in [0.4, 0.5) is 0 Å². The van der Waals surface area contributed by atoms with Gasteiger partial charge in [0.15, 0.2) is 0 Å². The quantitative estimate of drug-likeness (QED) is 0.281. The maximum atomic E-state index is 9.59. The minimum absolute atomic E-state index is 0.167. The van der Waals surface area contributed by atoms with E-state index in [4.69, 9.17) is 0 Å². The van der Waals surface area contributed by atoms with E-state index in [1.807, 2.05) is 44.2 Å². The summed E-state index contributed by atoms with van der Waals surface area (Å²) in [6.07, 6.45) is 13.8. The lowest BCUT2D eigenvalue weighted by Gasteiger charge is -2.22. The van der Waals surface area contributed by atoms with E-state index in [1.165, 1.54) is 36.5 Å². The van der Waals surface area contributed by atoms with E-state index in [-0.39, 0.29) is 5.76 Å². The van der Waals surface area contributed by atoms with Gasteiger partial charge in [-0.1, -0.05) is 136 Å². The molecule has 0 heterocycles. The first-order chi connectivity index (χ1) is 17.3. The van der Waals surface area contributed by atoms with Gasteiger partial charge in [-0.2, -0.15) is 0 Å². The Bertz CT molecular complexity index is 1010. The Morgan fingerprint density at radius 3 is 1.78 bits per heavy atom. The summed E-state index contributed by atoms with van der Waals surface area (Å²) in [5, 5.41) is 9.59. The predicted molar refractivity (Wildman–Crippen MR) is 170 cm³/mol. The van der Waals surface area contributed by atoms with Crippen molar-refractivity contribution in [3.8, 4) is 0 Å². The minimum atomic E-state index is 0.167. The molecule has 0 atom stereocenters. The molecule has 1 heteroatoms. The van der Waals surface area contributed by atoms with Gasteiger partial charge in [0.25, 0.3) is 0 Å². The Kier molecular flexibility index (Phi) is 15.6. The number of aliphatic hydroxyl groups excluding tert-OH is 1. The first-order valence-electron chi connectivity index (χ1n) is 13.8. The normalized spacial score (nSPS) is 11.8. The molecule has 0 amide bonds. The second kappa shape index (κ2) is 16.8. The third-order valence-corrected chi connectivity index (χ3v) is 6.73. The number of hydrogen-bond acceptors (Lipinski definition) is 1. The fourth-order valence-corrected chi connectivity index (χ4v) is 3.26. The predicted octanol–water partition coefficient (Wildman–Crippen LogP) is 11.4. The summed E-state index contributed by atoms with van der Waals surface area (Å²) in [5.41, 5.74) is 8.10. The van der Waals surface area contributed by atoms with Crippen molar-refractivity contribution in [2.75, 3.05) is 0 Å². The topological polar surface area (TPSA) is 20.2 Å². The Hall–Kier alpha value is -2.80. The van der Waals surface area contributed by atoms with Crippen LogP contribution >= 0.6 is 0 Å². The van der Waals surface area contributed by atoms with Crippen LogP contribution in [0.5, 0.6) is 0 Å². The molecule has 0 bridgehead atoms. The molecule has 0 aromatic heterocycles. The maximum absolute atomic E-state index is 9.59. The first-order valence-corrected chi connectivity index (χ1v) is 13.8. The number of hydrogen-bond donors (Lipinski definition) is 1. The summed E-state index contributed by atoms with van der Waals surface area (Å²) >= 11 is 0. The average Bonchev–Trinajstić information content (AvgIpc) is 2.87. The van der Waals surface area contributed by atoms with Gasteiger partial charge >= 0.3 is 0 Å². The lowest BCUT2D eigenvalue weighted by atomic mass is 9.83. The van der Waals surface area contributed by atoms with E-state index in [0.717, 1.165) is 28.7 Å². The summed E-state index contributed by atoms with van der Waals surface area (Å²) < 4.78 is 0. The standard InChI is InChI=1S/C16H18O.C14H22.C6H14/c1-5-8-15-13(6-2)10-9-12(4)16(15)11-14(17)7-3;1-5-12-7-9-13(10-8-12)11-14(3,4)6-2;1-5-6(2,3)4/h5-11,17H,2-3H2,1,4H3;7-10H,5-6,11H2,1-4H3;5H2,1-4H3/b8-5-,14-11+;;. The van der Waals surface area contributed by atoms with Crippen LogP contribution in [0.1, 0.15) is 109 Å². The van der Waals surface area contributed by atoms with Crippen molar-refractivity contribution in [1.29, 1.82) is 0 Å². The molecule has 2 aromatic rings. The zero-order chi connectivity index (χ0) is 28.6. The van der Waals surface area contributed by atoms with Crippen LogP contribution in [0.3, 0.4) is 0 Å². The van der Waals surface area contributed by atoms with E-state index in [2.05, 4.69) is 92.8 Å². The fraction of sp³-hybridized carbons (Fsp3) is 0.444. The first kappa shape index (κ1) is 34.2. The Labute approximate surface area is 229 Å². The van der Waals surface area contributed by atoms with E-state index in [0.29, 0.717) is 10.8 Å². The molecule has 0 saturated heterocycles. The Balaban J connectivity index is 0.000000583. The number of aryl methyl sites for hydroxylation is 2. The lowest BCUT2D eigenvalue weighted by Crippen LogP contribution is -2.13. The fourth-order valence-electron chi connectivity index (χ4n) is 3.26. The van der Waals surface area contributed by atoms with Gasteiger partial charge in [0, 0.05) is 0 Å². The number of allylic oxidation sites excluding steroid dienone is 2. The van der Waals surface area contributed by atoms with Crippen LogP contribution in [-0.2, 0) is 12.8 Å². The molecular formula is C36H54O. The highest BCUT2D eigenvalue weighted by Crippen LogP contribution is 2.26. The Morgan fingerprint density at radius 2 is 1.38 bits per heavy atom. The summed E-state index contributed by atoms with van der Waals surface area (Å²) in [5.74, 6) is 0.167. The van der Waals surface area contributed by atoms with Crippen molar-refractivity contribution in [3.63, 3.8) is 0 Å². The molecule has 0 aliphatic heterocycles. The molecule has 0 saturated carbocycles. The summed E-state index contributed by atoms with van der Waals surface area (Å²) in [7, 11) is 0. The monoisotopic (exact) mass is 502 g/mol. The highest BCUT2D eigenvalue weighted by atomic mass is 16.3. The van der Waals surface area contributed by atoms with Gasteiger partial charge in [0.1, 0.15) is 5.76 Å². The van der Waals surface area contributed by atoms with E-state index in [1.54, 1.807) is 6.08 Å². The van der Waals surface area contributed by atoms with Gasteiger partial charge in [-0.3, -0.25) is 0 Å². The molecule has 1 nitrogen and oxygen atoms in total. The van der Waals surface area contributed by atoms with Gasteiger partial charge in [-0.25, -0.2) is 0 Å². The van der Waals surface area contributed by atoms with E-state index >= 15 is 0 Å². The van der Waals surface area contributed by atoms with Crippen LogP contribution in [0.2, 0.25) is 0 Å². The van der Waals surface area contributed by atoms with Crippen molar-refractivity contribution in [3.05, 3.63) is 101 Å². The van der Waals surface area contributed by atoms with Crippen LogP contribution in [0.15, 0.2) is 67.5 Å². The average molecular weight is 503 g/mol. The number of aliphatic hydroxyl groups is 1. The van der Waals surface area contributed by atoms with Crippen molar-refractivity contribution in [2.45, 2.75) is 94.9 Å². The molecule has 0 radical (unpaired) electrons. The minimum Gasteiger partial charge on any atom is -0.508 e. The molecule has 204 valence electrons. The van der Waals surface area contributed by atoms with Crippen LogP contribution in [-0.4, -0.2) is 5.11 Å². The van der Waals surface area contributed by atoms with Gasteiger partial charge in [0.05, 0.1) is 0 Å². The SMILES string of the molecule is C=C/C(O)=C\c1c(C)ccc(C=C)c1/C=C\C.CCC(C)(C)C.CCc1ccc(CC(C)(C)CC)cc1. The molecule has 0 aliphatic carbocycles. The third kappa shape index (κ3) is 13.9. The Morgan fingerprint density at radius 1 is 0.838 bits per heavy atom. The molecular weight excluding hydrogens is 448 g/mol. The second-order valence-electron chi connectivity index (χ2n) is 11.6. The molecule has 0 fully saturated rings. The van der Waals surface area contributed by atoms with Crippen molar-refractivity contribution >= 4 is 18.2 Å². The maximum Gasteiger partial charge on any atom is 0.115 e. The van der Waals surface area contributed by atoms with Crippen LogP contribution < -0.4 is 0 Å². The summed E-state index contributed by atoms with van der Waals surface area (Å²) in [6, 6.07) is 13.1. The van der Waals surface area contributed by atoms with Crippen LogP contribution in [0.25, 0.3) is 18.2 Å². The van der Waals surface area contributed by atoms with Crippen molar-refractivity contribution in [1.82, 2.24) is 0 Å². The number of benzene rings is 2. The summed E-state index contributed by atoms with van der Waals surface area (Å²) in [4.78, 5) is 0. The zero-order valence-corrected chi connectivity index (χ0v) is 25.5. The third-order valence-electron chi connectivity index (χ3n) is 6.73. The highest BCUT2D eigenvalue weighted by molar-refractivity contribution is 5.76. The molecule has 0 unspecified atom stereocenters. The largest absolute Gasteiger partial charge is 0.508 e. The highest BCUT2D eigenvalue weighted by Gasteiger charge is 2.15. The lowest BCUT2D eigenvalue weighted by molar-refractivity contribution is 0.349. The molecule has 0 spiro atoms. The summed E-state index contributed by atoms with van der Waals surface area (Å²) in [6.45, 7) is 29.4. The van der Waals surface area contributed by atoms with Crippen LogP contribution in [0, 0.1) is 17.8 Å². The zero-order valence-electron chi connectivity index (χ0n) is 25.5. The van der Waals surface area contributed by atoms with Gasteiger partial charge in [-0.05, 0) is 83.1 Å². The van der Waals surface area contributed by atoms with Gasteiger partial charge in [-0.15, -0.1) is 0 Å². The van der Waals surface area contributed by atoms with Gasteiger partial charge in [0.2, 0.25) is 0 Å². The molecule has 1 N–H and O–H groups in total. The molecule has 2 rings (SSSR count). The smallest absolute Gasteiger partial charge is 0.115 e. The number of rotatable bonds is 8. The van der Waals surface area contributed by atoms with E-state index in [9.17, 15) is 5.11 Å². The van der Waals surface area contributed by atoms with Crippen molar-refractivity contribution < 1.29 is 5.11 Å². The molecule has 37 heavy (non-hydrogen) atoms. The molecule has 0 aliphatic rings. The second-order valence-corrected chi connectivity index (χ2v) is 11.6. The van der Waals surface area contributed by atoms with E-state index < -0.39 is 0 Å². The van der Waals surface area contributed by atoms with Gasteiger partial charge < -0.3 is 5.11 Å². The molecule has 2 aromatic carbocycles. The van der Waals surface area contributed by atoms with Crippen molar-refractivity contribution in [2.24, 2.45) is 10.8 Å².